The van der Waals surface area contributed by atoms with Crippen molar-refractivity contribution in [1.29, 1.82) is 0 Å². The van der Waals surface area contributed by atoms with E-state index in [2.05, 4.69) is 0 Å². The monoisotopic (exact) mass is 244 g/mol. The number of carboxylic acids is 1. The van der Waals surface area contributed by atoms with E-state index in [4.69, 9.17) is 4.74 Å². The van der Waals surface area contributed by atoms with Gasteiger partial charge in [-0.2, -0.15) is 0 Å². The highest BCUT2D eigenvalue weighted by atomic mass is 16.5. The largest absolute Gasteiger partial charge is 0.479 e. The first kappa shape index (κ1) is 14.5. The van der Waals surface area contributed by atoms with Crippen LogP contribution in [0.4, 0.5) is 0 Å². The summed E-state index contributed by atoms with van der Waals surface area (Å²) in [4.78, 5) is 11.5. The maximum Gasteiger partial charge on any atom is 0.335 e. The molecule has 0 bridgehead atoms. The first-order chi connectivity index (χ1) is 7.98. The predicted molar refractivity (Wildman–Crippen MR) is 64.9 cm³/mol. The van der Waals surface area contributed by atoms with Crippen LogP contribution in [0.2, 0.25) is 0 Å². The van der Waals surface area contributed by atoms with Crippen LogP contribution in [-0.4, -0.2) is 34.0 Å². The van der Waals surface area contributed by atoms with Crippen LogP contribution in [0.3, 0.4) is 0 Å². The fourth-order valence-electron chi connectivity index (χ4n) is 2.31. The van der Waals surface area contributed by atoms with E-state index < -0.39 is 23.8 Å². The van der Waals surface area contributed by atoms with Crippen molar-refractivity contribution in [2.24, 2.45) is 0 Å². The van der Waals surface area contributed by atoms with Crippen molar-refractivity contribution in [2.45, 2.75) is 76.6 Å². The summed E-state index contributed by atoms with van der Waals surface area (Å²) in [6.45, 7) is 3.36. The van der Waals surface area contributed by atoms with E-state index in [0.29, 0.717) is 12.8 Å². The molecule has 0 amide bonds. The van der Waals surface area contributed by atoms with Crippen LogP contribution in [0.15, 0.2) is 0 Å². The van der Waals surface area contributed by atoms with E-state index in [9.17, 15) is 15.0 Å². The van der Waals surface area contributed by atoms with Crippen molar-refractivity contribution in [3.8, 4) is 0 Å². The summed E-state index contributed by atoms with van der Waals surface area (Å²) in [7, 11) is 0. The Labute approximate surface area is 103 Å². The summed E-state index contributed by atoms with van der Waals surface area (Å²) in [5.41, 5.74) is -1.09. The molecule has 1 saturated carbocycles. The van der Waals surface area contributed by atoms with Crippen LogP contribution in [0.5, 0.6) is 0 Å². The molecule has 0 spiro atoms. The smallest absolute Gasteiger partial charge is 0.335 e. The van der Waals surface area contributed by atoms with Gasteiger partial charge in [0.15, 0.2) is 5.60 Å². The number of rotatable bonds is 4. The number of aliphatic hydroxyl groups excluding tert-OH is 1. The molecule has 1 aliphatic carbocycles. The molecule has 17 heavy (non-hydrogen) atoms. The van der Waals surface area contributed by atoms with Crippen LogP contribution >= 0.6 is 0 Å². The predicted octanol–water partition coefficient (Wildman–Crippen LogP) is 2.34. The third kappa shape index (κ3) is 3.96. The highest BCUT2D eigenvalue weighted by Gasteiger charge is 2.41. The zero-order valence-corrected chi connectivity index (χ0v) is 10.8. The second-order valence-corrected chi connectivity index (χ2v) is 5.13. The van der Waals surface area contributed by atoms with E-state index in [1.165, 1.54) is 6.42 Å². The zero-order chi connectivity index (χ0) is 12.9. The standard InChI is InChI=1S/C13H24O4/c1-10(14)11(2)17-13(12(15)16)8-6-4-3-5-7-9-13/h10-11,14H,3-9H2,1-2H3,(H,15,16). The molecule has 0 saturated heterocycles. The lowest BCUT2D eigenvalue weighted by molar-refractivity contribution is -0.184. The molecular weight excluding hydrogens is 220 g/mol. The van der Waals surface area contributed by atoms with Crippen LogP contribution in [-0.2, 0) is 9.53 Å². The zero-order valence-electron chi connectivity index (χ0n) is 10.8. The Balaban J connectivity index is 2.74. The maximum atomic E-state index is 11.5. The van der Waals surface area contributed by atoms with E-state index in [-0.39, 0.29) is 0 Å². The van der Waals surface area contributed by atoms with Crippen molar-refractivity contribution in [2.75, 3.05) is 0 Å². The number of aliphatic hydroxyl groups is 1. The second-order valence-electron chi connectivity index (χ2n) is 5.13. The molecule has 0 radical (unpaired) electrons. The Morgan fingerprint density at radius 1 is 1.12 bits per heavy atom. The van der Waals surface area contributed by atoms with Crippen molar-refractivity contribution < 1.29 is 19.7 Å². The van der Waals surface area contributed by atoms with Crippen molar-refractivity contribution in [3.05, 3.63) is 0 Å². The lowest BCUT2D eigenvalue weighted by Crippen LogP contribution is -2.46. The number of carbonyl (C=O) groups is 1. The van der Waals surface area contributed by atoms with Gasteiger partial charge < -0.3 is 14.9 Å². The van der Waals surface area contributed by atoms with Gasteiger partial charge in [0.1, 0.15) is 0 Å². The number of carboxylic acid groups (broad SMARTS) is 1. The quantitative estimate of drug-likeness (QED) is 0.796. The highest BCUT2D eigenvalue weighted by molar-refractivity contribution is 5.77. The molecule has 4 nitrogen and oxygen atoms in total. The lowest BCUT2D eigenvalue weighted by atomic mass is 9.86. The molecule has 0 heterocycles. The Kier molecular flexibility index (Phi) is 5.40. The minimum Gasteiger partial charge on any atom is -0.479 e. The second kappa shape index (κ2) is 6.36. The van der Waals surface area contributed by atoms with Crippen molar-refractivity contribution in [1.82, 2.24) is 0 Å². The topological polar surface area (TPSA) is 66.8 Å². The SMILES string of the molecule is CC(O)C(C)OC1(C(=O)O)CCCCCCC1. The summed E-state index contributed by atoms with van der Waals surface area (Å²) >= 11 is 0. The molecule has 0 aromatic heterocycles. The van der Waals surface area contributed by atoms with Gasteiger partial charge in [0.2, 0.25) is 0 Å². The van der Waals surface area contributed by atoms with Crippen LogP contribution in [0.25, 0.3) is 0 Å². The minimum absolute atomic E-state index is 0.439. The number of hydrogen-bond acceptors (Lipinski definition) is 3. The van der Waals surface area contributed by atoms with E-state index in [1.807, 2.05) is 0 Å². The highest BCUT2D eigenvalue weighted by Crippen LogP contribution is 2.31. The van der Waals surface area contributed by atoms with E-state index in [1.54, 1.807) is 13.8 Å². The Hall–Kier alpha value is -0.610. The molecule has 2 atom stereocenters. The van der Waals surface area contributed by atoms with Gasteiger partial charge in [-0.3, -0.25) is 0 Å². The molecular formula is C13H24O4. The summed E-state index contributed by atoms with van der Waals surface area (Å²) in [5, 5.41) is 18.9. The minimum atomic E-state index is -1.09. The van der Waals surface area contributed by atoms with Gasteiger partial charge in [-0.15, -0.1) is 0 Å². The van der Waals surface area contributed by atoms with Crippen molar-refractivity contribution >= 4 is 5.97 Å². The number of hydrogen-bond donors (Lipinski definition) is 2. The van der Waals surface area contributed by atoms with Gasteiger partial charge in [-0.1, -0.05) is 19.3 Å². The molecule has 0 aromatic rings. The maximum absolute atomic E-state index is 11.5. The molecule has 1 aliphatic rings. The normalized spacial score (nSPS) is 24.4. The van der Waals surface area contributed by atoms with E-state index in [0.717, 1.165) is 25.7 Å². The van der Waals surface area contributed by atoms with Gasteiger partial charge in [0.25, 0.3) is 0 Å². The van der Waals surface area contributed by atoms with Crippen LogP contribution in [0, 0.1) is 0 Å². The number of aliphatic carboxylic acids is 1. The summed E-state index contributed by atoms with van der Waals surface area (Å²) in [6, 6.07) is 0. The van der Waals surface area contributed by atoms with Crippen molar-refractivity contribution in [3.63, 3.8) is 0 Å². The van der Waals surface area contributed by atoms with E-state index >= 15 is 0 Å². The molecule has 2 unspecified atom stereocenters. The van der Waals surface area contributed by atoms with Crippen LogP contribution in [0.1, 0.15) is 58.8 Å². The van der Waals surface area contributed by atoms with Gasteiger partial charge >= 0.3 is 5.97 Å². The molecule has 0 aromatic carbocycles. The molecule has 1 rings (SSSR count). The lowest BCUT2D eigenvalue weighted by Gasteiger charge is -2.34. The summed E-state index contributed by atoms with van der Waals surface area (Å²) < 4.78 is 5.69. The van der Waals surface area contributed by atoms with Gasteiger partial charge in [0, 0.05) is 0 Å². The third-order valence-electron chi connectivity index (χ3n) is 3.64. The summed E-state index contributed by atoms with van der Waals surface area (Å²) in [5.74, 6) is -0.882. The van der Waals surface area contributed by atoms with Crippen LogP contribution < -0.4 is 0 Å². The fourth-order valence-corrected chi connectivity index (χ4v) is 2.31. The molecule has 100 valence electrons. The molecule has 2 N–H and O–H groups in total. The fraction of sp³-hybridized carbons (Fsp3) is 0.923. The first-order valence-corrected chi connectivity index (χ1v) is 6.57. The molecule has 0 aliphatic heterocycles. The van der Waals surface area contributed by atoms with Gasteiger partial charge in [0.05, 0.1) is 12.2 Å². The Morgan fingerprint density at radius 2 is 1.59 bits per heavy atom. The average Bonchev–Trinajstić information content (AvgIpc) is 2.21. The van der Waals surface area contributed by atoms with Gasteiger partial charge in [-0.25, -0.2) is 4.79 Å². The first-order valence-electron chi connectivity index (χ1n) is 6.57. The van der Waals surface area contributed by atoms with Gasteiger partial charge in [-0.05, 0) is 39.5 Å². The molecule has 1 fully saturated rings. The Bertz CT molecular complexity index is 242. The Morgan fingerprint density at radius 3 is 2.00 bits per heavy atom. The molecule has 4 heteroatoms. The average molecular weight is 244 g/mol. The third-order valence-corrected chi connectivity index (χ3v) is 3.64. The summed E-state index contributed by atoms with van der Waals surface area (Å²) in [6.07, 6.45) is 5.13. The number of ether oxygens (including phenoxy) is 1.